The van der Waals surface area contributed by atoms with Crippen molar-refractivity contribution < 1.29 is 9.72 Å². The van der Waals surface area contributed by atoms with Crippen LogP contribution in [0, 0.1) is 10.1 Å². The standard InChI is InChI=1S/C17H12Cl2N4O3/c18-13-3-1-12(14(19)8-13)9-21-17(24)11-2-4-15(16(7-11)23(25)26)22-6-5-20-10-22/h1-8,10H,9H2,(H,21,24). The monoisotopic (exact) mass is 390 g/mol. The number of nitro groups is 1. The van der Waals surface area contributed by atoms with E-state index in [1.165, 1.54) is 35.3 Å². The van der Waals surface area contributed by atoms with Crippen LogP contribution in [-0.2, 0) is 6.54 Å². The normalized spacial score (nSPS) is 10.5. The van der Waals surface area contributed by atoms with Crippen molar-refractivity contribution in [3.63, 3.8) is 0 Å². The molecule has 2 aromatic carbocycles. The van der Waals surface area contributed by atoms with Crippen LogP contribution in [0.25, 0.3) is 5.69 Å². The Morgan fingerprint density at radius 3 is 2.69 bits per heavy atom. The molecule has 3 rings (SSSR count). The lowest BCUT2D eigenvalue weighted by Crippen LogP contribution is -2.23. The summed E-state index contributed by atoms with van der Waals surface area (Å²) in [5.74, 6) is -0.448. The first-order valence-electron chi connectivity index (χ1n) is 7.44. The molecule has 1 amide bonds. The molecule has 0 aliphatic heterocycles. The number of nitrogens with zero attached hydrogens (tertiary/aromatic N) is 3. The van der Waals surface area contributed by atoms with Crippen LogP contribution < -0.4 is 5.32 Å². The Kier molecular flexibility index (Phi) is 5.20. The molecule has 3 aromatic rings. The number of nitro benzene ring substituents is 1. The van der Waals surface area contributed by atoms with Crippen LogP contribution in [0.2, 0.25) is 10.0 Å². The number of rotatable bonds is 5. The van der Waals surface area contributed by atoms with Crippen LogP contribution >= 0.6 is 23.2 Å². The van der Waals surface area contributed by atoms with Gasteiger partial charge in [-0.1, -0.05) is 29.3 Å². The van der Waals surface area contributed by atoms with E-state index in [9.17, 15) is 14.9 Å². The molecule has 0 unspecified atom stereocenters. The molecule has 0 fully saturated rings. The zero-order valence-electron chi connectivity index (χ0n) is 13.2. The Morgan fingerprint density at radius 2 is 2.04 bits per heavy atom. The van der Waals surface area contributed by atoms with Crippen molar-refractivity contribution in [2.75, 3.05) is 0 Å². The van der Waals surface area contributed by atoms with Gasteiger partial charge < -0.3 is 9.88 Å². The number of amides is 1. The first-order valence-corrected chi connectivity index (χ1v) is 8.20. The van der Waals surface area contributed by atoms with Gasteiger partial charge in [0.1, 0.15) is 5.69 Å². The van der Waals surface area contributed by atoms with Gasteiger partial charge in [-0.2, -0.15) is 0 Å². The van der Waals surface area contributed by atoms with Crippen molar-refractivity contribution >= 4 is 34.8 Å². The third-order valence-electron chi connectivity index (χ3n) is 3.67. The summed E-state index contributed by atoms with van der Waals surface area (Å²) in [6, 6.07) is 9.20. The molecule has 0 radical (unpaired) electrons. The maximum atomic E-state index is 12.3. The molecule has 1 aromatic heterocycles. The zero-order chi connectivity index (χ0) is 18.7. The number of benzene rings is 2. The Labute approximate surface area is 158 Å². The van der Waals surface area contributed by atoms with Crippen LogP contribution in [0.5, 0.6) is 0 Å². The SMILES string of the molecule is O=C(NCc1ccc(Cl)cc1Cl)c1ccc(-n2ccnc2)c([N+](=O)[O-])c1. The summed E-state index contributed by atoms with van der Waals surface area (Å²) in [6.07, 6.45) is 4.55. The van der Waals surface area contributed by atoms with Crippen molar-refractivity contribution in [3.8, 4) is 5.69 Å². The highest BCUT2D eigenvalue weighted by molar-refractivity contribution is 6.35. The molecule has 0 aliphatic rings. The second-order valence-corrected chi connectivity index (χ2v) is 6.19. The van der Waals surface area contributed by atoms with E-state index >= 15 is 0 Å². The van der Waals surface area contributed by atoms with Gasteiger partial charge in [0.2, 0.25) is 0 Å². The molecule has 0 spiro atoms. The third-order valence-corrected chi connectivity index (χ3v) is 4.26. The number of carbonyl (C=O) groups is 1. The number of nitrogens with one attached hydrogen (secondary N) is 1. The summed E-state index contributed by atoms with van der Waals surface area (Å²) in [6.45, 7) is 0.173. The number of halogens is 2. The number of carbonyl (C=O) groups excluding carboxylic acids is 1. The maximum Gasteiger partial charge on any atom is 0.294 e. The van der Waals surface area contributed by atoms with Gasteiger partial charge in [-0.15, -0.1) is 0 Å². The minimum atomic E-state index is -0.540. The molecule has 7 nitrogen and oxygen atoms in total. The second-order valence-electron chi connectivity index (χ2n) is 5.35. The lowest BCUT2D eigenvalue weighted by molar-refractivity contribution is -0.384. The zero-order valence-corrected chi connectivity index (χ0v) is 14.7. The molecule has 1 N–H and O–H groups in total. The van der Waals surface area contributed by atoms with Crippen molar-refractivity contribution in [1.29, 1.82) is 0 Å². The molecule has 0 atom stereocenters. The average molecular weight is 391 g/mol. The summed E-state index contributed by atoms with van der Waals surface area (Å²) >= 11 is 11.9. The molecular weight excluding hydrogens is 379 g/mol. The van der Waals surface area contributed by atoms with E-state index in [4.69, 9.17) is 23.2 Å². The largest absolute Gasteiger partial charge is 0.348 e. The number of imidazole rings is 1. The van der Waals surface area contributed by atoms with Crippen molar-refractivity contribution in [3.05, 3.63) is 86.4 Å². The molecule has 1 heterocycles. The first-order chi connectivity index (χ1) is 12.5. The smallest absolute Gasteiger partial charge is 0.294 e. The Hall–Kier alpha value is -2.90. The lowest BCUT2D eigenvalue weighted by atomic mass is 10.1. The topological polar surface area (TPSA) is 90.1 Å². The van der Waals surface area contributed by atoms with Crippen molar-refractivity contribution in [2.24, 2.45) is 0 Å². The van der Waals surface area contributed by atoms with E-state index in [0.29, 0.717) is 21.3 Å². The van der Waals surface area contributed by atoms with Gasteiger partial charge >= 0.3 is 0 Å². The highest BCUT2D eigenvalue weighted by atomic mass is 35.5. The molecule has 0 aliphatic carbocycles. The van der Waals surface area contributed by atoms with E-state index < -0.39 is 10.8 Å². The highest BCUT2D eigenvalue weighted by Crippen LogP contribution is 2.25. The predicted molar refractivity (Wildman–Crippen MR) is 97.9 cm³/mol. The Morgan fingerprint density at radius 1 is 1.23 bits per heavy atom. The summed E-state index contributed by atoms with van der Waals surface area (Å²) in [7, 11) is 0. The van der Waals surface area contributed by atoms with E-state index in [-0.39, 0.29) is 17.8 Å². The van der Waals surface area contributed by atoms with Crippen molar-refractivity contribution in [1.82, 2.24) is 14.9 Å². The van der Waals surface area contributed by atoms with Crippen LogP contribution in [0.1, 0.15) is 15.9 Å². The molecule has 132 valence electrons. The van der Waals surface area contributed by atoms with Gasteiger partial charge in [0, 0.05) is 40.6 Å². The lowest BCUT2D eigenvalue weighted by Gasteiger charge is -2.09. The predicted octanol–water partition coefficient (Wildman–Crippen LogP) is 4.02. The molecule has 0 bridgehead atoms. The fraction of sp³-hybridized carbons (Fsp3) is 0.0588. The van der Waals surface area contributed by atoms with Gasteiger partial charge in [-0.25, -0.2) is 4.98 Å². The molecule has 0 saturated heterocycles. The van der Waals surface area contributed by atoms with Gasteiger partial charge in [-0.3, -0.25) is 14.9 Å². The van der Waals surface area contributed by atoms with E-state index in [2.05, 4.69) is 10.3 Å². The second kappa shape index (κ2) is 7.55. The van der Waals surface area contributed by atoms with Gasteiger partial charge in [-0.05, 0) is 29.8 Å². The summed E-state index contributed by atoms with van der Waals surface area (Å²) in [5, 5.41) is 15.0. The number of hydrogen-bond acceptors (Lipinski definition) is 4. The summed E-state index contributed by atoms with van der Waals surface area (Å²) in [4.78, 5) is 27.0. The number of hydrogen-bond donors (Lipinski definition) is 1. The van der Waals surface area contributed by atoms with Gasteiger partial charge in [0.15, 0.2) is 0 Å². The summed E-state index contributed by atoms with van der Waals surface area (Å²) in [5.41, 5.74) is 0.990. The van der Waals surface area contributed by atoms with Crippen LogP contribution in [-0.4, -0.2) is 20.4 Å². The van der Waals surface area contributed by atoms with E-state index in [1.54, 1.807) is 24.4 Å². The Balaban J connectivity index is 1.81. The third kappa shape index (κ3) is 3.84. The van der Waals surface area contributed by atoms with Crippen LogP contribution in [0.4, 0.5) is 5.69 Å². The summed E-state index contributed by atoms with van der Waals surface area (Å²) < 4.78 is 1.51. The van der Waals surface area contributed by atoms with Gasteiger partial charge in [0.05, 0.1) is 11.3 Å². The number of aromatic nitrogens is 2. The fourth-order valence-corrected chi connectivity index (χ4v) is 2.85. The minimum absolute atomic E-state index is 0.172. The molecular formula is C17H12Cl2N4O3. The van der Waals surface area contributed by atoms with Gasteiger partial charge in [0.25, 0.3) is 11.6 Å². The van der Waals surface area contributed by atoms with Crippen LogP contribution in [0.15, 0.2) is 55.1 Å². The molecule has 0 saturated carbocycles. The maximum absolute atomic E-state index is 12.3. The average Bonchev–Trinajstić information content (AvgIpc) is 3.14. The first kappa shape index (κ1) is 17.9. The van der Waals surface area contributed by atoms with Crippen molar-refractivity contribution in [2.45, 2.75) is 6.54 Å². The minimum Gasteiger partial charge on any atom is -0.348 e. The molecule has 26 heavy (non-hydrogen) atoms. The quantitative estimate of drug-likeness (QED) is 0.526. The van der Waals surface area contributed by atoms with E-state index in [0.717, 1.165) is 0 Å². The van der Waals surface area contributed by atoms with Crippen LogP contribution in [0.3, 0.4) is 0 Å². The Bertz CT molecular complexity index is 974. The molecule has 9 heteroatoms. The van der Waals surface area contributed by atoms with E-state index in [1.807, 2.05) is 0 Å². The highest BCUT2D eigenvalue weighted by Gasteiger charge is 2.18. The fourth-order valence-electron chi connectivity index (χ4n) is 2.37.